The minimum atomic E-state index is -0.380. The van der Waals surface area contributed by atoms with Gasteiger partial charge in [0.25, 0.3) is 5.56 Å². The van der Waals surface area contributed by atoms with Crippen molar-refractivity contribution in [2.45, 2.75) is 17.6 Å². The summed E-state index contributed by atoms with van der Waals surface area (Å²) in [5, 5.41) is 6.18. The molecular weight excluding hydrogens is 460 g/mol. The fraction of sp³-hybridized carbons (Fsp3) is 0.125. The highest BCUT2D eigenvalue weighted by Crippen LogP contribution is 2.30. The number of anilines is 2. The van der Waals surface area contributed by atoms with E-state index in [1.807, 2.05) is 43.3 Å². The topological polar surface area (TPSA) is 84.7 Å². The standard InChI is InChI=1S/C24H21ClN4O3S/c1-2-32-20-9-5-3-7-18(20)27-24(31)28-19-8-4-6-10-21(19)33-15-17-13-23(30)29-14-16(25)11-12-22(29)26-17/h3-14H,2,15H2,1H3,(H2,27,28,31). The summed E-state index contributed by atoms with van der Waals surface area (Å²) < 4.78 is 6.97. The highest BCUT2D eigenvalue weighted by atomic mass is 35.5. The summed E-state index contributed by atoms with van der Waals surface area (Å²) in [4.78, 5) is 30.4. The Morgan fingerprint density at radius 1 is 1.06 bits per heavy atom. The molecule has 2 amide bonds. The molecular formula is C24H21ClN4O3S. The molecule has 0 atom stereocenters. The Kier molecular flexibility index (Phi) is 7.16. The van der Waals surface area contributed by atoms with Crippen LogP contribution in [0, 0.1) is 0 Å². The maximum Gasteiger partial charge on any atom is 0.323 e. The van der Waals surface area contributed by atoms with Gasteiger partial charge in [0.1, 0.15) is 11.4 Å². The number of benzene rings is 2. The van der Waals surface area contributed by atoms with Gasteiger partial charge in [0.15, 0.2) is 0 Å². The zero-order chi connectivity index (χ0) is 23.2. The van der Waals surface area contributed by atoms with Crippen LogP contribution < -0.4 is 20.9 Å². The lowest BCUT2D eigenvalue weighted by Gasteiger charge is -2.14. The van der Waals surface area contributed by atoms with Gasteiger partial charge in [-0.05, 0) is 43.3 Å². The number of ether oxygens (including phenoxy) is 1. The highest BCUT2D eigenvalue weighted by Gasteiger charge is 2.11. The molecule has 2 aromatic heterocycles. The smallest absolute Gasteiger partial charge is 0.323 e. The Labute approximate surface area is 199 Å². The van der Waals surface area contributed by atoms with Crippen molar-refractivity contribution in [2.75, 3.05) is 17.2 Å². The van der Waals surface area contributed by atoms with Crippen molar-refractivity contribution in [3.05, 3.63) is 94.0 Å². The Hall–Kier alpha value is -3.49. The first-order chi connectivity index (χ1) is 16.0. The molecule has 2 aromatic carbocycles. The first kappa shape index (κ1) is 22.7. The number of carbonyl (C=O) groups is 1. The van der Waals surface area contributed by atoms with Crippen LogP contribution in [0.1, 0.15) is 12.6 Å². The molecule has 0 aliphatic rings. The average Bonchev–Trinajstić information content (AvgIpc) is 2.80. The predicted octanol–water partition coefficient (Wildman–Crippen LogP) is 5.68. The SMILES string of the molecule is CCOc1ccccc1NC(=O)Nc1ccccc1SCc1cc(=O)n2cc(Cl)ccc2n1. The van der Waals surface area contributed by atoms with E-state index in [2.05, 4.69) is 15.6 Å². The van der Waals surface area contributed by atoms with Crippen LogP contribution in [0.3, 0.4) is 0 Å². The monoisotopic (exact) mass is 480 g/mol. The van der Waals surface area contributed by atoms with E-state index in [-0.39, 0.29) is 11.6 Å². The van der Waals surface area contributed by atoms with E-state index in [0.29, 0.717) is 45.8 Å². The van der Waals surface area contributed by atoms with Crippen LogP contribution in [0.4, 0.5) is 16.2 Å². The molecule has 33 heavy (non-hydrogen) atoms. The summed E-state index contributed by atoms with van der Waals surface area (Å²) in [5.74, 6) is 1.06. The molecule has 0 spiro atoms. The number of fused-ring (bicyclic) bond motifs is 1. The van der Waals surface area contributed by atoms with Crippen molar-refractivity contribution >= 4 is 46.4 Å². The third kappa shape index (κ3) is 5.66. The number of halogens is 1. The number of para-hydroxylation sites is 3. The number of nitrogens with zero attached hydrogens (tertiary/aromatic N) is 2. The molecule has 7 nitrogen and oxygen atoms in total. The molecule has 2 N–H and O–H groups in total. The maximum absolute atomic E-state index is 12.6. The summed E-state index contributed by atoms with van der Waals surface area (Å²) in [7, 11) is 0. The van der Waals surface area contributed by atoms with Crippen LogP contribution in [0.25, 0.3) is 5.65 Å². The average molecular weight is 481 g/mol. The van der Waals surface area contributed by atoms with Gasteiger partial charge in [-0.25, -0.2) is 9.78 Å². The molecule has 2 heterocycles. The van der Waals surface area contributed by atoms with Gasteiger partial charge < -0.3 is 15.4 Å². The number of hydrogen-bond donors (Lipinski definition) is 2. The number of amides is 2. The van der Waals surface area contributed by atoms with E-state index in [4.69, 9.17) is 16.3 Å². The molecule has 0 saturated carbocycles. The van der Waals surface area contributed by atoms with Crippen molar-refractivity contribution in [1.82, 2.24) is 9.38 Å². The van der Waals surface area contributed by atoms with Gasteiger partial charge >= 0.3 is 6.03 Å². The molecule has 4 rings (SSSR count). The zero-order valence-electron chi connectivity index (χ0n) is 17.7. The number of pyridine rings is 1. The van der Waals surface area contributed by atoms with E-state index >= 15 is 0 Å². The van der Waals surface area contributed by atoms with Gasteiger partial charge in [-0.2, -0.15) is 0 Å². The molecule has 0 radical (unpaired) electrons. The van der Waals surface area contributed by atoms with Gasteiger partial charge in [0.2, 0.25) is 0 Å². The van der Waals surface area contributed by atoms with Gasteiger partial charge in [-0.15, -0.1) is 11.8 Å². The van der Waals surface area contributed by atoms with Crippen molar-refractivity contribution in [1.29, 1.82) is 0 Å². The number of urea groups is 1. The second-order valence-electron chi connectivity index (χ2n) is 6.95. The van der Waals surface area contributed by atoms with Crippen LogP contribution >= 0.6 is 23.4 Å². The second-order valence-corrected chi connectivity index (χ2v) is 8.41. The molecule has 0 unspecified atom stereocenters. The zero-order valence-corrected chi connectivity index (χ0v) is 19.3. The fourth-order valence-corrected chi connectivity index (χ4v) is 4.24. The van der Waals surface area contributed by atoms with Gasteiger partial charge in [-0.3, -0.25) is 9.20 Å². The minimum absolute atomic E-state index is 0.197. The Bertz CT molecular complexity index is 1360. The predicted molar refractivity (Wildman–Crippen MR) is 133 cm³/mol. The van der Waals surface area contributed by atoms with Crippen molar-refractivity contribution in [3.63, 3.8) is 0 Å². The lowest BCUT2D eigenvalue weighted by Crippen LogP contribution is -2.20. The molecule has 0 aliphatic heterocycles. The normalized spacial score (nSPS) is 10.7. The van der Waals surface area contributed by atoms with Crippen molar-refractivity contribution in [3.8, 4) is 5.75 Å². The molecule has 9 heteroatoms. The molecule has 0 saturated heterocycles. The molecule has 4 aromatic rings. The van der Waals surface area contributed by atoms with E-state index < -0.39 is 0 Å². The van der Waals surface area contributed by atoms with Crippen LogP contribution in [-0.2, 0) is 5.75 Å². The molecule has 168 valence electrons. The minimum Gasteiger partial charge on any atom is -0.492 e. The summed E-state index contributed by atoms with van der Waals surface area (Å²) in [6, 6.07) is 19.2. The van der Waals surface area contributed by atoms with Crippen LogP contribution in [0.2, 0.25) is 5.02 Å². The number of aromatic nitrogens is 2. The molecule has 0 bridgehead atoms. The summed E-state index contributed by atoms with van der Waals surface area (Å²) in [5.41, 5.74) is 2.21. The van der Waals surface area contributed by atoms with E-state index in [9.17, 15) is 9.59 Å². The third-order valence-corrected chi connectivity index (χ3v) is 5.95. The molecule has 0 aliphatic carbocycles. The van der Waals surface area contributed by atoms with Crippen molar-refractivity contribution in [2.24, 2.45) is 0 Å². The Balaban J connectivity index is 1.47. The van der Waals surface area contributed by atoms with Gasteiger partial charge in [0.05, 0.1) is 28.7 Å². The quantitative estimate of drug-likeness (QED) is 0.332. The fourth-order valence-electron chi connectivity index (χ4n) is 3.17. The summed E-state index contributed by atoms with van der Waals surface area (Å²) in [6.07, 6.45) is 1.55. The number of carbonyl (C=O) groups excluding carboxylic acids is 1. The van der Waals surface area contributed by atoms with E-state index in [1.54, 1.807) is 30.5 Å². The number of nitrogens with one attached hydrogen (secondary N) is 2. The van der Waals surface area contributed by atoms with Crippen LogP contribution in [-0.4, -0.2) is 22.0 Å². The first-order valence-corrected chi connectivity index (χ1v) is 11.6. The highest BCUT2D eigenvalue weighted by molar-refractivity contribution is 7.98. The Morgan fingerprint density at radius 3 is 2.61 bits per heavy atom. The Morgan fingerprint density at radius 2 is 1.79 bits per heavy atom. The van der Waals surface area contributed by atoms with Crippen LogP contribution in [0.15, 0.2) is 82.6 Å². The van der Waals surface area contributed by atoms with Crippen LogP contribution in [0.5, 0.6) is 5.75 Å². The number of rotatable bonds is 7. The summed E-state index contributed by atoms with van der Waals surface area (Å²) in [6.45, 7) is 2.39. The lowest BCUT2D eigenvalue weighted by molar-refractivity contribution is 0.262. The van der Waals surface area contributed by atoms with E-state index in [0.717, 1.165) is 4.90 Å². The molecule has 0 fully saturated rings. The third-order valence-electron chi connectivity index (χ3n) is 4.62. The van der Waals surface area contributed by atoms with E-state index in [1.165, 1.54) is 22.2 Å². The largest absolute Gasteiger partial charge is 0.492 e. The van der Waals surface area contributed by atoms with Crippen molar-refractivity contribution < 1.29 is 9.53 Å². The number of thioether (sulfide) groups is 1. The van der Waals surface area contributed by atoms with Gasteiger partial charge in [0, 0.05) is 22.9 Å². The lowest BCUT2D eigenvalue weighted by atomic mass is 10.3. The summed E-state index contributed by atoms with van der Waals surface area (Å²) >= 11 is 7.44. The first-order valence-electron chi connectivity index (χ1n) is 10.2. The maximum atomic E-state index is 12.6. The number of hydrogen-bond acceptors (Lipinski definition) is 5. The van der Waals surface area contributed by atoms with Gasteiger partial charge in [-0.1, -0.05) is 35.9 Å². The second kappa shape index (κ2) is 10.4.